The molecule has 3 aromatic carbocycles. The van der Waals surface area contributed by atoms with Gasteiger partial charge in [0.2, 0.25) is 0 Å². The minimum Gasteiger partial charge on any atom is -0.451 e. The first-order valence-corrected chi connectivity index (χ1v) is 13.8. The molecule has 1 saturated heterocycles. The smallest absolute Gasteiger partial charge is 0.293 e. The Bertz CT molecular complexity index is 1560. The highest BCUT2D eigenvalue weighted by molar-refractivity contribution is 7.80. The Balaban J connectivity index is 1.12. The van der Waals surface area contributed by atoms with Crippen molar-refractivity contribution in [3.63, 3.8) is 0 Å². The number of thiocarbonyl (C=S) groups is 1. The van der Waals surface area contributed by atoms with Gasteiger partial charge in [-0.2, -0.15) is 0 Å². The number of anilines is 2. The van der Waals surface area contributed by atoms with Gasteiger partial charge in [-0.25, -0.2) is 0 Å². The monoisotopic (exact) mass is 592 g/mol. The summed E-state index contributed by atoms with van der Waals surface area (Å²) in [4.78, 5) is 29.7. The van der Waals surface area contributed by atoms with Gasteiger partial charge in [-0.3, -0.25) is 14.9 Å². The number of carbonyl (C=O) groups is 2. The van der Waals surface area contributed by atoms with Crippen LogP contribution in [0.25, 0.3) is 11.3 Å². The second-order valence-electron chi connectivity index (χ2n) is 9.34. The van der Waals surface area contributed by atoms with E-state index < -0.39 is 5.91 Å². The largest absolute Gasteiger partial charge is 0.451 e. The minimum absolute atomic E-state index is 0.0769. The maximum Gasteiger partial charge on any atom is 0.293 e. The third kappa shape index (κ3) is 6.31. The number of amides is 2. The van der Waals surface area contributed by atoms with Crippen LogP contribution in [0, 0.1) is 6.92 Å². The first-order chi connectivity index (χ1) is 19.3. The highest BCUT2D eigenvalue weighted by Crippen LogP contribution is 2.29. The molecule has 2 amide bonds. The summed E-state index contributed by atoms with van der Waals surface area (Å²) in [5.41, 5.74) is 4.23. The van der Waals surface area contributed by atoms with Gasteiger partial charge in [-0.15, -0.1) is 0 Å². The zero-order chi connectivity index (χ0) is 28.2. The van der Waals surface area contributed by atoms with Crippen molar-refractivity contribution < 1.29 is 14.0 Å². The van der Waals surface area contributed by atoms with E-state index in [0.717, 1.165) is 35.6 Å². The van der Waals surface area contributed by atoms with Crippen LogP contribution in [0.1, 0.15) is 26.5 Å². The van der Waals surface area contributed by atoms with E-state index in [0.29, 0.717) is 34.5 Å². The molecule has 7 nitrogen and oxygen atoms in total. The molecule has 2 heterocycles. The lowest BCUT2D eigenvalue weighted by Crippen LogP contribution is -2.48. The molecule has 0 atom stereocenters. The van der Waals surface area contributed by atoms with Gasteiger partial charge >= 0.3 is 0 Å². The summed E-state index contributed by atoms with van der Waals surface area (Å²) in [5, 5.41) is 6.64. The summed E-state index contributed by atoms with van der Waals surface area (Å²) in [6.45, 7) is 4.76. The summed E-state index contributed by atoms with van der Waals surface area (Å²) in [6.07, 6.45) is 0. The zero-order valence-electron chi connectivity index (χ0n) is 21.6. The second-order valence-corrected chi connectivity index (χ2v) is 10.6. The van der Waals surface area contributed by atoms with Gasteiger partial charge in [0.25, 0.3) is 11.8 Å². The van der Waals surface area contributed by atoms with Gasteiger partial charge in [-0.1, -0.05) is 41.4 Å². The SMILES string of the molecule is Cc1ccccc1C(=O)N1CCN(c2ccc(NC(=S)NC(=O)c3ccc(-c4ccc(Cl)c(Cl)c4)o3)cc2)CC1. The topological polar surface area (TPSA) is 77.8 Å². The fraction of sp³-hybridized carbons (Fsp3) is 0.167. The van der Waals surface area contributed by atoms with Crippen LogP contribution in [0.2, 0.25) is 10.0 Å². The van der Waals surface area contributed by atoms with Crippen molar-refractivity contribution in [2.75, 3.05) is 36.4 Å². The lowest BCUT2D eigenvalue weighted by Gasteiger charge is -2.36. The highest BCUT2D eigenvalue weighted by atomic mass is 35.5. The molecule has 0 unspecified atom stereocenters. The molecule has 4 aromatic rings. The standard InChI is InChI=1S/C30H26Cl2N4O3S/c1-19-4-2-3-5-23(19)29(38)36-16-14-35(15-17-36)22-9-7-21(8-10-22)33-30(40)34-28(37)27-13-12-26(39-27)20-6-11-24(31)25(32)18-20/h2-13,18H,14-17H2,1H3,(H2,33,34,37,40). The van der Waals surface area contributed by atoms with Crippen molar-refractivity contribution in [3.05, 3.63) is 106 Å². The predicted octanol–water partition coefficient (Wildman–Crippen LogP) is 6.65. The molecule has 0 bridgehead atoms. The third-order valence-corrected chi connectivity index (χ3v) is 7.64. The maximum absolute atomic E-state index is 12.9. The summed E-state index contributed by atoms with van der Waals surface area (Å²) >= 11 is 17.4. The van der Waals surface area contributed by atoms with E-state index in [9.17, 15) is 9.59 Å². The Morgan fingerprint density at radius 2 is 1.60 bits per heavy atom. The summed E-state index contributed by atoms with van der Waals surface area (Å²) in [6, 6.07) is 23.8. The van der Waals surface area contributed by atoms with E-state index in [4.69, 9.17) is 39.8 Å². The Labute approximate surface area is 247 Å². The number of nitrogens with one attached hydrogen (secondary N) is 2. The molecule has 10 heteroatoms. The van der Waals surface area contributed by atoms with E-state index in [2.05, 4.69) is 15.5 Å². The van der Waals surface area contributed by atoms with Gasteiger partial charge in [0.1, 0.15) is 5.76 Å². The number of carbonyl (C=O) groups excluding carboxylic acids is 2. The highest BCUT2D eigenvalue weighted by Gasteiger charge is 2.23. The van der Waals surface area contributed by atoms with E-state index >= 15 is 0 Å². The molecular formula is C30H26Cl2N4O3S. The predicted molar refractivity (Wildman–Crippen MR) is 164 cm³/mol. The molecule has 1 aliphatic rings. The van der Waals surface area contributed by atoms with E-state index in [1.807, 2.05) is 60.4 Å². The van der Waals surface area contributed by atoms with Crippen LogP contribution in [0.5, 0.6) is 0 Å². The normalized spacial score (nSPS) is 13.2. The average molecular weight is 594 g/mol. The number of furan rings is 1. The summed E-state index contributed by atoms with van der Waals surface area (Å²) in [5.74, 6) is 0.200. The van der Waals surface area contributed by atoms with Crippen LogP contribution >= 0.6 is 35.4 Å². The number of hydrogen-bond donors (Lipinski definition) is 2. The van der Waals surface area contributed by atoms with Crippen LogP contribution in [0.15, 0.2) is 83.3 Å². The Kier molecular flexibility index (Phi) is 8.40. The minimum atomic E-state index is -0.474. The Morgan fingerprint density at radius 1 is 0.875 bits per heavy atom. The van der Waals surface area contributed by atoms with E-state index in [-0.39, 0.29) is 16.8 Å². The average Bonchev–Trinajstić information content (AvgIpc) is 3.46. The van der Waals surface area contributed by atoms with Gasteiger partial charge < -0.3 is 19.5 Å². The zero-order valence-corrected chi connectivity index (χ0v) is 23.9. The number of rotatable bonds is 5. The quantitative estimate of drug-likeness (QED) is 0.253. The van der Waals surface area contributed by atoms with Crippen molar-refractivity contribution in [2.45, 2.75) is 6.92 Å². The molecule has 204 valence electrons. The van der Waals surface area contributed by atoms with Gasteiger partial charge in [0.05, 0.1) is 10.0 Å². The molecule has 0 spiro atoms. The van der Waals surface area contributed by atoms with Gasteiger partial charge in [0, 0.05) is 48.7 Å². The van der Waals surface area contributed by atoms with E-state index in [1.165, 1.54) is 0 Å². The molecule has 40 heavy (non-hydrogen) atoms. The van der Waals surface area contributed by atoms with Crippen molar-refractivity contribution in [2.24, 2.45) is 0 Å². The summed E-state index contributed by atoms with van der Waals surface area (Å²) in [7, 11) is 0. The molecule has 0 saturated carbocycles. The molecular weight excluding hydrogens is 567 g/mol. The van der Waals surface area contributed by atoms with Crippen LogP contribution in [-0.4, -0.2) is 48.0 Å². The van der Waals surface area contributed by atoms with Crippen LogP contribution in [0.4, 0.5) is 11.4 Å². The molecule has 0 radical (unpaired) electrons. The fourth-order valence-corrected chi connectivity index (χ4v) is 5.01. The van der Waals surface area contributed by atoms with Crippen molar-refractivity contribution in [3.8, 4) is 11.3 Å². The number of aryl methyl sites for hydroxylation is 1. The van der Waals surface area contributed by atoms with E-state index in [1.54, 1.807) is 30.3 Å². The first-order valence-electron chi connectivity index (χ1n) is 12.7. The Hall–Kier alpha value is -3.85. The molecule has 1 aromatic heterocycles. The summed E-state index contributed by atoms with van der Waals surface area (Å²) < 4.78 is 5.68. The number of halogens is 2. The van der Waals surface area contributed by atoms with Crippen LogP contribution in [0.3, 0.4) is 0 Å². The number of hydrogen-bond acceptors (Lipinski definition) is 5. The maximum atomic E-state index is 12.9. The fourth-order valence-electron chi connectivity index (χ4n) is 4.50. The molecule has 1 aliphatic heterocycles. The van der Waals surface area contributed by atoms with Gasteiger partial charge in [0.15, 0.2) is 10.9 Å². The number of benzene rings is 3. The van der Waals surface area contributed by atoms with Crippen molar-refractivity contribution in [1.82, 2.24) is 10.2 Å². The number of nitrogens with zero attached hydrogens (tertiary/aromatic N) is 2. The van der Waals surface area contributed by atoms with Crippen molar-refractivity contribution >= 4 is 63.7 Å². The second kappa shape index (κ2) is 12.1. The number of piperazine rings is 1. The lowest BCUT2D eigenvalue weighted by molar-refractivity contribution is 0.0746. The lowest BCUT2D eigenvalue weighted by atomic mass is 10.1. The Morgan fingerprint density at radius 3 is 2.30 bits per heavy atom. The van der Waals surface area contributed by atoms with Gasteiger partial charge in [-0.05, 0) is 85.4 Å². The third-order valence-electron chi connectivity index (χ3n) is 6.69. The molecule has 5 rings (SSSR count). The van der Waals surface area contributed by atoms with Crippen LogP contribution in [-0.2, 0) is 0 Å². The molecule has 2 N–H and O–H groups in total. The van der Waals surface area contributed by atoms with Crippen LogP contribution < -0.4 is 15.5 Å². The van der Waals surface area contributed by atoms with Crippen molar-refractivity contribution in [1.29, 1.82) is 0 Å². The molecule has 1 fully saturated rings. The molecule has 0 aliphatic carbocycles. The first kappa shape index (κ1) is 27.7.